The second-order valence-corrected chi connectivity index (χ2v) is 3.86. The molecule has 2 rings (SSSR count). The van der Waals surface area contributed by atoms with E-state index in [1.54, 1.807) is 0 Å². The zero-order valence-electron chi connectivity index (χ0n) is 10.1. The number of nitro groups is 1. The van der Waals surface area contributed by atoms with Crippen molar-refractivity contribution >= 4 is 11.7 Å². The van der Waals surface area contributed by atoms with Crippen LogP contribution in [0.4, 0.5) is 5.69 Å². The van der Waals surface area contributed by atoms with E-state index in [-0.39, 0.29) is 11.3 Å². The fourth-order valence-corrected chi connectivity index (χ4v) is 1.69. The molecular formula is C12H11N3O4. The van der Waals surface area contributed by atoms with Crippen LogP contribution in [-0.2, 0) is 6.54 Å². The number of hydrogen-bond donors (Lipinski definition) is 1. The van der Waals surface area contributed by atoms with E-state index in [0.717, 1.165) is 0 Å². The number of non-ortho nitro benzene ring substituents is 1. The predicted molar refractivity (Wildman–Crippen MR) is 67.0 cm³/mol. The Labute approximate surface area is 108 Å². The van der Waals surface area contributed by atoms with Crippen LogP contribution in [0.5, 0.6) is 0 Å². The number of rotatable bonds is 4. The third-order valence-corrected chi connectivity index (χ3v) is 2.67. The summed E-state index contributed by atoms with van der Waals surface area (Å²) in [6, 6.07) is 5.64. The van der Waals surface area contributed by atoms with Gasteiger partial charge in [-0.15, -0.1) is 0 Å². The minimum Gasteiger partial charge on any atom is -0.478 e. The van der Waals surface area contributed by atoms with Crippen molar-refractivity contribution in [2.75, 3.05) is 0 Å². The number of benzene rings is 1. The Balaban J connectivity index is 2.48. The summed E-state index contributed by atoms with van der Waals surface area (Å²) in [5.74, 6) is -1.08. The van der Waals surface area contributed by atoms with Gasteiger partial charge in [0.1, 0.15) is 11.3 Å². The monoisotopic (exact) mass is 261 g/mol. The molecule has 2 aromatic rings. The maximum Gasteiger partial charge on any atom is 0.339 e. The zero-order chi connectivity index (χ0) is 14.0. The summed E-state index contributed by atoms with van der Waals surface area (Å²) < 4.78 is 1.51. The van der Waals surface area contributed by atoms with Crippen molar-refractivity contribution in [2.24, 2.45) is 0 Å². The van der Waals surface area contributed by atoms with Gasteiger partial charge in [-0.3, -0.25) is 14.8 Å². The Hall–Kier alpha value is -2.70. The number of nitrogens with zero attached hydrogens (tertiary/aromatic N) is 3. The number of aryl methyl sites for hydroxylation is 1. The van der Waals surface area contributed by atoms with Crippen LogP contribution < -0.4 is 0 Å². The molecule has 0 fully saturated rings. The Morgan fingerprint density at radius 2 is 2.05 bits per heavy atom. The predicted octanol–water partition coefficient (Wildman–Crippen LogP) is 2.18. The van der Waals surface area contributed by atoms with Crippen LogP contribution in [-0.4, -0.2) is 25.8 Å². The van der Waals surface area contributed by atoms with Crippen LogP contribution in [0.3, 0.4) is 0 Å². The molecule has 19 heavy (non-hydrogen) atoms. The first-order valence-electron chi connectivity index (χ1n) is 5.58. The Morgan fingerprint density at radius 3 is 2.53 bits per heavy atom. The first-order valence-corrected chi connectivity index (χ1v) is 5.58. The van der Waals surface area contributed by atoms with Crippen LogP contribution in [0.1, 0.15) is 17.3 Å². The van der Waals surface area contributed by atoms with Crippen LogP contribution in [0.25, 0.3) is 11.3 Å². The number of aromatic nitrogens is 2. The lowest BCUT2D eigenvalue weighted by atomic mass is 10.1. The summed E-state index contributed by atoms with van der Waals surface area (Å²) >= 11 is 0. The Bertz CT molecular complexity index is 631. The van der Waals surface area contributed by atoms with Gasteiger partial charge in [0.2, 0.25) is 0 Å². The van der Waals surface area contributed by atoms with Gasteiger partial charge in [-0.1, -0.05) is 0 Å². The molecule has 0 spiro atoms. The van der Waals surface area contributed by atoms with E-state index in [1.165, 1.54) is 35.1 Å². The smallest absolute Gasteiger partial charge is 0.339 e. The molecule has 7 nitrogen and oxygen atoms in total. The highest BCUT2D eigenvalue weighted by atomic mass is 16.6. The van der Waals surface area contributed by atoms with Gasteiger partial charge < -0.3 is 5.11 Å². The zero-order valence-corrected chi connectivity index (χ0v) is 10.1. The lowest BCUT2D eigenvalue weighted by Crippen LogP contribution is -1.96. The fourth-order valence-electron chi connectivity index (χ4n) is 1.69. The molecule has 0 unspecified atom stereocenters. The number of carbonyl (C=O) groups is 1. The van der Waals surface area contributed by atoms with Crippen molar-refractivity contribution in [3.8, 4) is 11.3 Å². The third-order valence-electron chi connectivity index (χ3n) is 2.67. The number of hydrogen-bond acceptors (Lipinski definition) is 4. The minimum absolute atomic E-state index is 0.0458. The average Bonchev–Trinajstić information content (AvgIpc) is 2.83. The SMILES string of the molecule is CCn1cc(C(=O)O)c(-c2ccc([N+](=O)[O-])cc2)n1. The topological polar surface area (TPSA) is 98.3 Å². The molecule has 0 saturated carbocycles. The summed E-state index contributed by atoms with van der Waals surface area (Å²) in [6.07, 6.45) is 1.44. The molecule has 0 saturated heterocycles. The van der Waals surface area contributed by atoms with Crippen LogP contribution in [0.2, 0.25) is 0 Å². The molecule has 1 N–H and O–H groups in total. The summed E-state index contributed by atoms with van der Waals surface area (Å²) in [5.41, 5.74) is 0.880. The third kappa shape index (κ3) is 2.44. The van der Waals surface area contributed by atoms with Gasteiger partial charge >= 0.3 is 5.97 Å². The Kier molecular flexibility index (Phi) is 3.28. The van der Waals surface area contributed by atoms with Gasteiger partial charge in [0.25, 0.3) is 5.69 Å². The molecular weight excluding hydrogens is 250 g/mol. The van der Waals surface area contributed by atoms with Crippen molar-refractivity contribution in [1.29, 1.82) is 0 Å². The van der Waals surface area contributed by atoms with Gasteiger partial charge in [-0.25, -0.2) is 4.79 Å². The summed E-state index contributed by atoms with van der Waals surface area (Å²) in [7, 11) is 0. The normalized spacial score (nSPS) is 10.4. The number of nitro benzene ring substituents is 1. The van der Waals surface area contributed by atoms with E-state index in [1.807, 2.05) is 6.92 Å². The van der Waals surface area contributed by atoms with Crippen molar-refractivity contribution in [2.45, 2.75) is 13.5 Å². The molecule has 98 valence electrons. The molecule has 1 aromatic heterocycles. The van der Waals surface area contributed by atoms with Crippen molar-refractivity contribution < 1.29 is 14.8 Å². The van der Waals surface area contributed by atoms with Gasteiger partial charge in [-0.05, 0) is 19.1 Å². The molecule has 0 aliphatic rings. The van der Waals surface area contributed by atoms with Gasteiger partial charge in [-0.2, -0.15) is 5.10 Å². The van der Waals surface area contributed by atoms with Crippen molar-refractivity contribution in [3.63, 3.8) is 0 Å². The van der Waals surface area contributed by atoms with E-state index in [9.17, 15) is 14.9 Å². The summed E-state index contributed by atoms with van der Waals surface area (Å²) in [6.45, 7) is 2.39. The standard InChI is InChI=1S/C12H11N3O4/c1-2-14-7-10(12(16)17)11(13-14)8-3-5-9(6-4-8)15(18)19/h3-7H,2H2,1H3,(H,16,17). The number of carboxylic acid groups (broad SMARTS) is 1. The second kappa shape index (κ2) is 4.89. The van der Waals surface area contributed by atoms with E-state index in [2.05, 4.69) is 5.10 Å². The van der Waals surface area contributed by atoms with E-state index >= 15 is 0 Å². The van der Waals surface area contributed by atoms with E-state index < -0.39 is 10.9 Å². The molecule has 0 aliphatic heterocycles. The number of carboxylic acids is 1. The van der Waals surface area contributed by atoms with Crippen LogP contribution in [0.15, 0.2) is 30.5 Å². The summed E-state index contributed by atoms with van der Waals surface area (Å²) in [4.78, 5) is 21.2. The van der Waals surface area contributed by atoms with Crippen molar-refractivity contribution in [1.82, 2.24) is 9.78 Å². The second-order valence-electron chi connectivity index (χ2n) is 3.86. The molecule has 0 radical (unpaired) electrons. The summed E-state index contributed by atoms with van der Waals surface area (Å²) in [5, 5.41) is 23.8. The van der Waals surface area contributed by atoms with Gasteiger partial charge in [0, 0.05) is 30.4 Å². The molecule has 1 aromatic carbocycles. The largest absolute Gasteiger partial charge is 0.478 e. The fraction of sp³-hybridized carbons (Fsp3) is 0.167. The highest BCUT2D eigenvalue weighted by molar-refractivity contribution is 5.94. The Morgan fingerprint density at radius 1 is 1.42 bits per heavy atom. The molecule has 0 amide bonds. The first-order chi connectivity index (χ1) is 9.02. The maximum absolute atomic E-state index is 11.1. The van der Waals surface area contributed by atoms with E-state index in [0.29, 0.717) is 17.8 Å². The maximum atomic E-state index is 11.1. The van der Waals surface area contributed by atoms with Crippen molar-refractivity contribution in [3.05, 3.63) is 46.1 Å². The molecule has 0 aliphatic carbocycles. The highest BCUT2D eigenvalue weighted by Gasteiger charge is 2.17. The number of aromatic carboxylic acids is 1. The van der Waals surface area contributed by atoms with Gasteiger partial charge in [0.05, 0.1) is 4.92 Å². The minimum atomic E-state index is -1.08. The highest BCUT2D eigenvalue weighted by Crippen LogP contribution is 2.24. The molecule has 7 heteroatoms. The van der Waals surface area contributed by atoms with Gasteiger partial charge in [0.15, 0.2) is 0 Å². The average molecular weight is 261 g/mol. The molecule has 0 atom stereocenters. The lowest BCUT2D eigenvalue weighted by molar-refractivity contribution is -0.384. The first kappa shape index (κ1) is 12.7. The quantitative estimate of drug-likeness (QED) is 0.671. The van der Waals surface area contributed by atoms with Crippen LogP contribution >= 0.6 is 0 Å². The molecule has 1 heterocycles. The van der Waals surface area contributed by atoms with E-state index in [4.69, 9.17) is 5.11 Å². The molecule has 0 bridgehead atoms. The van der Waals surface area contributed by atoms with Crippen LogP contribution in [0, 0.1) is 10.1 Å². The lowest BCUT2D eigenvalue weighted by Gasteiger charge is -1.98.